The van der Waals surface area contributed by atoms with Crippen LogP contribution in [0.4, 0.5) is 17.5 Å². The van der Waals surface area contributed by atoms with E-state index < -0.39 is 0 Å². The van der Waals surface area contributed by atoms with Crippen molar-refractivity contribution in [2.45, 2.75) is 58.8 Å². The Balaban J connectivity index is 1.45. The summed E-state index contributed by atoms with van der Waals surface area (Å²) < 4.78 is 7.37. The van der Waals surface area contributed by atoms with Crippen LogP contribution < -0.4 is 10.2 Å². The van der Waals surface area contributed by atoms with Gasteiger partial charge in [0.2, 0.25) is 11.8 Å². The highest BCUT2D eigenvalue weighted by Gasteiger charge is 2.27. The summed E-state index contributed by atoms with van der Waals surface area (Å²) >= 11 is 0. The van der Waals surface area contributed by atoms with E-state index in [2.05, 4.69) is 71.2 Å². The molecule has 0 bridgehead atoms. The second-order valence-corrected chi connectivity index (χ2v) is 10.2. The number of fused-ring (bicyclic) bond motifs is 1. The quantitative estimate of drug-likeness (QED) is 0.464. The summed E-state index contributed by atoms with van der Waals surface area (Å²) in [5.41, 5.74) is 5.12. The SMILES string of the molecule is Cc1noc(C2CCN(c3nc(Nc4cc(C(C)(C)C)ccc4C)c4c(ncn4C)n3)CC2)n1. The lowest BCUT2D eigenvalue weighted by molar-refractivity contribution is 0.327. The van der Waals surface area contributed by atoms with Crippen LogP contribution in [0.2, 0.25) is 0 Å². The fourth-order valence-electron chi connectivity index (χ4n) is 4.43. The van der Waals surface area contributed by atoms with Gasteiger partial charge in [-0.25, -0.2) is 4.98 Å². The summed E-state index contributed by atoms with van der Waals surface area (Å²) in [7, 11) is 1.97. The summed E-state index contributed by atoms with van der Waals surface area (Å²) in [5, 5.41) is 7.54. The van der Waals surface area contributed by atoms with Crippen molar-refractivity contribution in [1.82, 2.24) is 29.7 Å². The first-order valence-corrected chi connectivity index (χ1v) is 11.8. The van der Waals surface area contributed by atoms with E-state index in [1.165, 1.54) is 11.1 Å². The number of rotatable bonds is 4. The molecule has 9 nitrogen and oxygen atoms in total. The molecule has 3 aromatic heterocycles. The van der Waals surface area contributed by atoms with Gasteiger partial charge < -0.3 is 19.3 Å². The number of benzene rings is 1. The van der Waals surface area contributed by atoms with Gasteiger partial charge in [-0.3, -0.25) is 0 Å². The summed E-state index contributed by atoms with van der Waals surface area (Å²) in [5.74, 6) is 3.15. The summed E-state index contributed by atoms with van der Waals surface area (Å²) in [6.45, 7) is 12.3. The van der Waals surface area contributed by atoms with Gasteiger partial charge in [-0.1, -0.05) is 38.1 Å². The van der Waals surface area contributed by atoms with Crippen LogP contribution in [0.15, 0.2) is 29.0 Å². The topological polar surface area (TPSA) is 97.8 Å². The lowest BCUT2D eigenvalue weighted by Gasteiger charge is -2.30. The van der Waals surface area contributed by atoms with E-state index in [9.17, 15) is 0 Å². The van der Waals surface area contributed by atoms with Gasteiger partial charge in [0, 0.05) is 31.7 Å². The van der Waals surface area contributed by atoms with E-state index in [4.69, 9.17) is 14.5 Å². The maximum Gasteiger partial charge on any atom is 0.229 e. The minimum atomic E-state index is 0.0596. The molecule has 0 saturated carbocycles. The molecule has 0 spiro atoms. The van der Waals surface area contributed by atoms with Gasteiger partial charge in [-0.2, -0.15) is 15.0 Å². The number of anilines is 3. The third kappa shape index (κ3) is 4.22. The zero-order valence-electron chi connectivity index (χ0n) is 20.8. The van der Waals surface area contributed by atoms with Gasteiger partial charge in [0.25, 0.3) is 0 Å². The molecule has 1 aliphatic rings. The smallest absolute Gasteiger partial charge is 0.229 e. The Morgan fingerprint density at radius 2 is 1.82 bits per heavy atom. The second kappa shape index (κ2) is 8.38. The van der Waals surface area contributed by atoms with Crippen molar-refractivity contribution in [2.75, 3.05) is 23.3 Å². The van der Waals surface area contributed by atoms with Crippen LogP contribution in [0.3, 0.4) is 0 Å². The van der Waals surface area contributed by atoms with Crippen LogP contribution in [0, 0.1) is 13.8 Å². The predicted molar refractivity (Wildman–Crippen MR) is 133 cm³/mol. The number of piperidine rings is 1. The van der Waals surface area contributed by atoms with Crippen molar-refractivity contribution in [1.29, 1.82) is 0 Å². The molecule has 178 valence electrons. The minimum Gasteiger partial charge on any atom is -0.341 e. The third-order valence-electron chi connectivity index (χ3n) is 6.59. The van der Waals surface area contributed by atoms with E-state index in [0.717, 1.165) is 48.8 Å². The standard InChI is InChI=1S/C25H32N8O/c1-15-7-8-18(25(3,4)5)13-19(15)28-22-20-21(26-14-32(20)6)29-24(30-22)33-11-9-17(10-12-33)23-27-16(2)31-34-23/h7-8,13-14,17H,9-12H2,1-6H3,(H,28,29,30). The molecule has 1 fully saturated rings. The average Bonchev–Trinajstić information content (AvgIpc) is 3.40. The molecule has 0 aliphatic carbocycles. The highest BCUT2D eigenvalue weighted by molar-refractivity contribution is 5.87. The Bertz CT molecular complexity index is 1320. The molecule has 34 heavy (non-hydrogen) atoms. The van der Waals surface area contributed by atoms with Crippen molar-refractivity contribution in [3.8, 4) is 0 Å². The molecule has 1 aliphatic heterocycles. The summed E-state index contributed by atoms with van der Waals surface area (Å²) in [6, 6.07) is 6.58. The zero-order valence-corrected chi connectivity index (χ0v) is 20.8. The number of hydrogen-bond acceptors (Lipinski definition) is 8. The van der Waals surface area contributed by atoms with Crippen LogP contribution in [0.1, 0.15) is 62.4 Å². The molecule has 5 rings (SSSR count). The third-order valence-corrected chi connectivity index (χ3v) is 6.59. The Morgan fingerprint density at radius 1 is 1.06 bits per heavy atom. The molecule has 0 unspecified atom stereocenters. The van der Waals surface area contributed by atoms with Gasteiger partial charge in [0.15, 0.2) is 17.3 Å². The predicted octanol–water partition coefficient (Wildman–Crippen LogP) is 4.79. The Hall–Kier alpha value is -3.49. The van der Waals surface area contributed by atoms with Crippen LogP contribution in [-0.2, 0) is 12.5 Å². The first kappa shape index (κ1) is 22.3. The number of nitrogens with zero attached hydrogens (tertiary/aromatic N) is 7. The highest BCUT2D eigenvalue weighted by atomic mass is 16.5. The number of nitrogens with one attached hydrogen (secondary N) is 1. The first-order chi connectivity index (χ1) is 16.2. The van der Waals surface area contributed by atoms with Crippen molar-refractivity contribution in [3.05, 3.63) is 47.4 Å². The lowest BCUT2D eigenvalue weighted by atomic mass is 9.86. The normalized spacial score (nSPS) is 15.3. The summed E-state index contributed by atoms with van der Waals surface area (Å²) in [6.07, 6.45) is 3.62. The largest absolute Gasteiger partial charge is 0.341 e. The van der Waals surface area contributed by atoms with Gasteiger partial charge in [0.1, 0.15) is 5.52 Å². The average molecular weight is 461 g/mol. The maximum absolute atomic E-state index is 5.40. The van der Waals surface area contributed by atoms with Crippen LogP contribution in [0.25, 0.3) is 11.2 Å². The van der Waals surface area contributed by atoms with Crippen LogP contribution in [0.5, 0.6) is 0 Å². The summed E-state index contributed by atoms with van der Waals surface area (Å²) in [4.78, 5) is 20.9. The van der Waals surface area contributed by atoms with Gasteiger partial charge in [0.05, 0.1) is 6.33 Å². The van der Waals surface area contributed by atoms with Gasteiger partial charge in [-0.15, -0.1) is 0 Å². The van der Waals surface area contributed by atoms with E-state index in [0.29, 0.717) is 17.4 Å². The molecule has 9 heteroatoms. The molecule has 1 aromatic carbocycles. The highest BCUT2D eigenvalue weighted by Crippen LogP contribution is 2.33. The molecule has 4 aromatic rings. The molecule has 1 saturated heterocycles. The van der Waals surface area contributed by atoms with Crippen molar-refractivity contribution in [2.24, 2.45) is 7.05 Å². The second-order valence-electron chi connectivity index (χ2n) is 10.2. The first-order valence-electron chi connectivity index (χ1n) is 11.8. The molecule has 0 atom stereocenters. The number of hydrogen-bond donors (Lipinski definition) is 1. The maximum atomic E-state index is 5.40. The van der Waals surface area contributed by atoms with Crippen LogP contribution in [-0.4, -0.2) is 42.7 Å². The fraction of sp³-hybridized carbons (Fsp3) is 0.480. The zero-order chi connectivity index (χ0) is 24.0. The van der Waals surface area contributed by atoms with E-state index in [1.54, 1.807) is 6.33 Å². The minimum absolute atomic E-state index is 0.0596. The molecular weight excluding hydrogens is 428 g/mol. The number of aromatic nitrogens is 6. The van der Waals surface area contributed by atoms with Crippen LogP contribution >= 0.6 is 0 Å². The fourth-order valence-corrected chi connectivity index (χ4v) is 4.43. The Kier molecular flexibility index (Phi) is 5.50. The van der Waals surface area contributed by atoms with E-state index >= 15 is 0 Å². The molecule has 1 N–H and O–H groups in total. The molecule has 0 amide bonds. The number of imidazole rings is 1. The van der Waals surface area contributed by atoms with Crippen molar-refractivity contribution in [3.63, 3.8) is 0 Å². The lowest BCUT2D eigenvalue weighted by Crippen LogP contribution is -2.34. The Labute approximate surface area is 199 Å². The van der Waals surface area contributed by atoms with Crippen molar-refractivity contribution >= 4 is 28.6 Å². The monoisotopic (exact) mass is 460 g/mol. The number of aryl methyl sites for hydroxylation is 3. The Morgan fingerprint density at radius 3 is 2.50 bits per heavy atom. The molecular formula is C25H32N8O. The van der Waals surface area contributed by atoms with Crippen molar-refractivity contribution < 1.29 is 4.52 Å². The van der Waals surface area contributed by atoms with E-state index in [-0.39, 0.29) is 11.3 Å². The van der Waals surface area contributed by atoms with E-state index in [1.807, 2.05) is 18.5 Å². The molecule has 4 heterocycles. The van der Waals surface area contributed by atoms with Gasteiger partial charge >= 0.3 is 0 Å². The van der Waals surface area contributed by atoms with Gasteiger partial charge in [-0.05, 0) is 49.3 Å². The molecule has 0 radical (unpaired) electrons.